The molecule has 1 spiro atoms. The number of anilines is 1. The Kier molecular flexibility index (Phi) is 8.35. The molecular weight excluding hydrogens is 538 g/mol. The minimum atomic E-state index is -0.337. The van der Waals surface area contributed by atoms with Gasteiger partial charge >= 0.3 is 5.97 Å². The van der Waals surface area contributed by atoms with E-state index in [0.717, 1.165) is 80.9 Å². The lowest BCUT2D eigenvalue weighted by atomic mass is 9.66. The van der Waals surface area contributed by atoms with Gasteiger partial charge in [-0.3, -0.25) is 0 Å². The number of halogens is 1. The summed E-state index contributed by atoms with van der Waals surface area (Å²) >= 11 is 6.42. The number of rotatable bonds is 7. The molecule has 1 unspecified atom stereocenters. The molecule has 41 heavy (non-hydrogen) atoms. The van der Waals surface area contributed by atoms with Crippen molar-refractivity contribution in [3.05, 3.63) is 69.8 Å². The van der Waals surface area contributed by atoms with Crippen LogP contribution in [0, 0.1) is 17.8 Å². The zero-order chi connectivity index (χ0) is 28.6. The molecule has 1 aliphatic heterocycles. The number of ether oxygens (including phenoxy) is 3. The van der Waals surface area contributed by atoms with Crippen LogP contribution in [0.15, 0.2) is 48.0 Å². The third-order valence-corrected chi connectivity index (χ3v) is 10.4. The summed E-state index contributed by atoms with van der Waals surface area (Å²) in [7, 11) is 3.27. The Morgan fingerprint density at radius 2 is 2.05 bits per heavy atom. The highest BCUT2D eigenvalue weighted by Crippen LogP contribution is 2.48. The van der Waals surface area contributed by atoms with Gasteiger partial charge in [0.25, 0.3) is 0 Å². The predicted molar refractivity (Wildman–Crippen MR) is 161 cm³/mol. The summed E-state index contributed by atoms with van der Waals surface area (Å²) in [6.07, 6.45) is 10.9. The van der Waals surface area contributed by atoms with Crippen LogP contribution in [0.3, 0.4) is 0 Å². The van der Waals surface area contributed by atoms with Gasteiger partial charge in [0.05, 0.1) is 31.1 Å². The van der Waals surface area contributed by atoms with E-state index in [4.69, 9.17) is 25.8 Å². The van der Waals surface area contributed by atoms with Gasteiger partial charge in [0.15, 0.2) is 0 Å². The average Bonchev–Trinajstić information content (AvgIpc) is 3.14. The Bertz CT molecular complexity index is 1310. The number of hydrogen-bond donors (Lipinski definition) is 1. The Balaban J connectivity index is 1.32. The van der Waals surface area contributed by atoms with E-state index in [2.05, 4.69) is 23.1 Å². The molecule has 1 saturated carbocycles. The molecule has 6 nitrogen and oxygen atoms in total. The van der Waals surface area contributed by atoms with E-state index >= 15 is 0 Å². The largest absolute Gasteiger partial charge is 0.490 e. The van der Waals surface area contributed by atoms with Gasteiger partial charge in [-0.1, -0.05) is 23.7 Å². The molecule has 1 fully saturated rings. The molecule has 4 aliphatic rings. The van der Waals surface area contributed by atoms with Crippen molar-refractivity contribution < 1.29 is 24.1 Å². The number of carbonyl (C=O) groups excluding carboxylic acids is 1. The van der Waals surface area contributed by atoms with Crippen LogP contribution in [0.5, 0.6) is 5.75 Å². The van der Waals surface area contributed by atoms with Crippen LogP contribution in [-0.2, 0) is 21.3 Å². The van der Waals surface area contributed by atoms with Crippen molar-refractivity contribution in [1.29, 1.82) is 0 Å². The number of fused-ring (bicyclic) bond motifs is 3. The number of aliphatic hydroxyl groups excluding tert-OH is 1. The summed E-state index contributed by atoms with van der Waals surface area (Å²) in [4.78, 5) is 15.0. The lowest BCUT2D eigenvalue weighted by Gasteiger charge is -2.47. The molecule has 2 aromatic rings. The number of methoxy groups -OCH3 is 2. The predicted octanol–water partition coefficient (Wildman–Crippen LogP) is 6.36. The number of benzene rings is 2. The second kappa shape index (κ2) is 12.0. The molecule has 5 atom stereocenters. The molecule has 0 bridgehead atoms. The first kappa shape index (κ1) is 28.6. The highest BCUT2D eigenvalue weighted by Gasteiger charge is 2.45. The van der Waals surface area contributed by atoms with Crippen LogP contribution in [0.1, 0.15) is 66.4 Å². The average molecular weight is 580 g/mol. The Hall–Kier alpha value is -2.54. The fourth-order valence-corrected chi connectivity index (χ4v) is 7.99. The topological polar surface area (TPSA) is 68.2 Å². The normalized spacial score (nSPS) is 28.0. The fraction of sp³-hybridized carbons (Fsp3) is 0.559. The van der Waals surface area contributed by atoms with Crippen molar-refractivity contribution in [2.45, 2.75) is 62.9 Å². The molecule has 2 aromatic carbocycles. The van der Waals surface area contributed by atoms with Crippen LogP contribution in [0.4, 0.5) is 5.69 Å². The van der Waals surface area contributed by atoms with Crippen LogP contribution in [-0.4, -0.2) is 57.7 Å². The Labute approximate surface area is 248 Å². The monoisotopic (exact) mass is 579 g/mol. The minimum Gasteiger partial charge on any atom is -0.490 e. The molecule has 3 aliphatic carbocycles. The highest BCUT2D eigenvalue weighted by atomic mass is 35.5. The number of esters is 1. The van der Waals surface area contributed by atoms with Gasteiger partial charge in [-0.25, -0.2) is 4.79 Å². The first-order chi connectivity index (χ1) is 19.9. The summed E-state index contributed by atoms with van der Waals surface area (Å²) in [6, 6.07) is 12.0. The van der Waals surface area contributed by atoms with E-state index in [1.54, 1.807) is 6.07 Å². The lowest BCUT2D eigenvalue weighted by molar-refractivity contribution is 0.00273. The number of aryl methyl sites for hydroxylation is 1. The van der Waals surface area contributed by atoms with E-state index in [9.17, 15) is 9.90 Å². The van der Waals surface area contributed by atoms with Crippen LogP contribution in [0.2, 0.25) is 5.02 Å². The molecule has 7 heteroatoms. The van der Waals surface area contributed by atoms with E-state index in [-0.39, 0.29) is 24.1 Å². The Morgan fingerprint density at radius 3 is 2.76 bits per heavy atom. The van der Waals surface area contributed by atoms with Crippen molar-refractivity contribution in [3.8, 4) is 5.75 Å². The number of hydrogen-bond acceptors (Lipinski definition) is 6. The number of aliphatic hydroxyl groups is 1. The third kappa shape index (κ3) is 5.51. The summed E-state index contributed by atoms with van der Waals surface area (Å²) in [5.74, 6) is 1.77. The standard InChI is InChI=1S/C34H42ClNO5/c1-39-32(23-7-5-22(19-37)6-8-23)28-12-9-26(28)18-36-20-34(15-3-4-24-16-27(35)11-13-29(24)34)21-41-31-14-10-25(17-30(31)36)33(38)40-2/h7,10-11,13-14,16-17,22,26,28,32,37H,3-6,8-9,12,15,18-21H2,1-2H3/t22-,26+,28-,32-,34?/m1/s1. The molecule has 0 amide bonds. The first-order valence-electron chi connectivity index (χ1n) is 15.2. The molecule has 0 aromatic heterocycles. The second-order valence-corrected chi connectivity index (χ2v) is 13.0. The number of allylic oxidation sites excluding steroid dienone is 1. The quantitative estimate of drug-likeness (QED) is 0.304. The van der Waals surface area contributed by atoms with E-state index in [0.29, 0.717) is 29.9 Å². The fourth-order valence-electron chi connectivity index (χ4n) is 7.80. The summed E-state index contributed by atoms with van der Waals surface area (Å²) in [5, 5.41) is 10.4. The number of nitrogens with zero attached hydrogens (tertiary/aromatic N) is 1. The second-order valence-electron chi connectivity index (χ2n) is 12.5. The first-order valence-corrected chi connectivity index (χ1v) is 15.5. The molecular formula is C34H42ClNO5. The zero-order valence-electron chi connectivity index (χ0n) is 24.2. The van der Waals surface area contributed by atoms with Gasteiger partial charge in [0, 0.05) is 37.2 Å². The van der Waals surface area contributed by atoms with Crippen molar-refractivity contribution in [2.24, 2.45) is 17.8 Å². The van der Waals surface area contributed by atoms with Crippen LogP contribution < -0.4 is 9.64 Å². The summed E-state index contributed by atoms with van der Waals surface area (Å²) in [6.45, 7) is 2.55. The van der Waals surface area contributed by atoms with Gasteiger partial charge in [-0.2, -0.15) is 0 Å². The van der Waals surface area contributed by atoms with Gasteiger partial charge < -0.3 is 24.2 Å². The molecule has 0 radical (unpaired) electrons. The number of carbonyl (C=O) groups is 1. The van der Waals surface area contributed by atoms with E-state index in [1.807, 2.05) is 25.3 Å². The van der Waals surface area contributed by atoms with Crippen molar-refractivity contribution in [3.63, 3.8) is 0 Å². The van der Waals surface area contributed by atoms with Gasteiger partial charge in [-0.15, -0.1) is 0 Å². The molecule has 220 valence electrons. The Morgan fingerprint density at radius 1 is 1.17 bits per heavy atom. The van der Waals surface area contributed by atoms with E-state index in [1.165, 1.54) is 23.8 Å². The summed E-state index contributed by atoms with van der Waals surface area (Å²) in [5.41, 5.74) is 5.40. The smallest absolute Gasteiger partial charge is 0.337 e. The SMILES string of the molecule is COC(=O)c1ccc2c(c1)N(C[C@@H]1CC[C@H]1[C@H](OC)C1=CC[C@@H](CO)CC1)CC1(CCCc3cc(Cl)ccc31)CO2. The maximum absolute atomic E-state index is 12.5. The maximum atomic E-state index is 12.5. The van der Waals surface area contributed by atoms with Crippen molar-refractivity contribution >= 4 is 23.3 Å². The van der Waals surface area contributed by atoms with Crippen LogP contribution in [0.25, 0.3) is 0 Å². The van der Waals surface area contributed by atoms with E-state index < -0.39 is 0 Å². The maximum Gasteiger partial charge on any atom is 0.337 e. The van der Waals surface area contributed by atoms with Gasteiger partial charge in [-0.05, 0) is 116 Å². The lowest BCUT2D eigenvalue weighted by Crippen LogP contribution is -2.50. The van der Waals surface area contributed by atoms with Gasteiger partial charge in [0.1, 0.15) is 5.75 Å². The van der Waals surface area contributed by atoms with Crippen LogP contribution >= 0.6 is 11.6 Å². The highest BCUT2D eigenvalue weighted by molar-refractivity contribution is 6.30. The zero-order valence-corrected chi connectivity index (χ0v) is 25.0. The molecule has 6 rings (SSSR count). The molecule has 0 saturated heterocycles. The van der Waals surface area contributed by atoms with Gasteiger partial charge in [0.2, 0.25) is 0 Å². The third-order valence-electron chi connectivity index (χ3n) is 10.2. The minimum absolute atomic E-state index is 0.115. The molecule has 1 N–H and O–H groups in total. The van der Waals surface area contributed by atoms with Crippen molar-refractivity contribution in [2.75, 3.05) is 45.4 Å². The molecule has 1 heterocycles. The summed E-state index contributed by atoms with van der Waals surface area (Å²) < 4.78 is 17.8. The van der Waals surface area contributed by atoms with Crippen molar-refractivity contribution in [1.82, 2.24) is 0 Å².